The summed E-state index contributed by atoms with van der Waals surface area (Å²) in [6.45, 7) is 17.3. The maximum Gasteiger partial charge on any atom is 0.410 e. The molecule has 1 unspecified atom stereocenters. The molecule has 2 heterocycles. The lowest BCUT2D eigenvalue weighted by Gasteiger charge is -2.40. The third-order valence-electron chi connectivity index (χ3n) is 10.5. The summed E-state index contributed by atoms with van der Waals surface area (Å²) >= 11 is 0. The number of hydrogen-bond acceptors (Lipinski definition) is 10. The van der Waals surface area contributed by atoms with Crippen LogP contribution < -0.4 is 0 Å². The third kappa shape index (κ3) is 14.1. The first-order chi connectivity index (χ1) is 24.0. The molecule has 0 spiro atoms. The fourth-order valence-corrected chi connectivity index (χ4v) is 7.27. The van der Waals surface area contributed by atoms with Crippen LogP contribution in [0.25, 0.3) is 0 Å². The van der Waals surface area contributed by atoms with E-state index in [1.165, 1.54) is 38.5 Å². The number of amides is 1. The lowest BCUT2D eigenvalue weighted by Crippen LogP contribution is -2.53. The molecule has 2 fully saturated rings. The summed E-state index contributed by atoms with van der Waals surface area (Å²) in [7, 11) is 0. The van der Waals surface area contributed by atoms with Crippen molar-refractivity contribution in [2.24, 2.45) is 0 Å². The van der Waals surface area contributed by atoms with Crippen molar-refractivity contribution in [2.75, 3.05) is 26.2 Å². The molecule has 51 heavy (non-hydrogen) atoms. The number of esters is 1. The number of rotatable bonds is 11. The maximum atomic E-state index is 13.4. The zero-order valence-electron chi connectivity index (χ0n) is 32.0. The highest BCUT2D eigenvalue weighted by molar-refractivity contribution is 5.71. The molecule has 0 aromatic rings. The predicted molar refractivity (Wildman–Crippen MR) is 198 cm³/mol. The van der Waals surface area contributed by atoms with Crippen LogP contribution in [-0.2, 0) is 19.0 Å². The highest BCUT2D eigenvalue weighted by Crippen LogP contribution is 2.28. The highest BCUT2D eigenvalue weighted by Gasteiger charge is 2.37. The number of allylic oxidation sites excluding steroid dienone is 2. The van der Waals surface area contributed by atoms with E-state index in [1.807, 2.05) is 13.8 Å². The van der Waals surface area contributed by atoms with Gasteiger partial charge >= 0.3 is 12.1 Å². The standard InChI is InChI=1S/C40H66N2O9/c1-8-34(44)31(5)49-30(4)27-39(6,47)20-13-14-28(2)37-29(3)17-18-35(40(7,48)21-19-33(43)26-36(45)51-37)50-38(46)42-24-22-41(23-25-42)32-15-11-9-10-12-16-32/h13-14,17-18,20,30-35,37,43-44,47-48H,3,8-12,15-16,19,21-27H2,1-2,4-7H3/b18-17+,20-13+,28-14+/t30-,31?,33+,34-,35-,37+,39-,40+/m0/s1. The molecular formula is C40H66N2O9. The van der Waals surface area contributed by atoms with Crippen molar-refractivity contribution >= 4 is 12.1 Å². The molecular weight excluding hydrogens is 652 g/mol. The van der Waals surface area contributed by atoms with Gasteiger partial charge < -0.3 is 39.5 Å². The first-order valence-corrected chi connectivity index (χ1v) is 19.1. The number of piperazine rings is 1. The molecule has 0 bridgehead atoms. The Hall–Kier alpha value is -2.54. The number of hydrogen-bond donors (Lipinski definition) is 4. The molecule has 3 aliphatic rings. The topological polar surface area (TPSA) is 149 Å². The third-order valence-corrected chi connectivity index (χ3v) is 10.5. The summed E-state index contributed by atoms with van der Waals surface area (Å²) in [5.41, 5.74) is -1.76. The molecule has 0 radical (unpaired) electrons. The number of ether oxygens (including phenoxy) is 3. The summed E-state index contributed by atoms with van der Waals surface area (Å²) in [6.07, 6.45) is 11.7. The quantitative estimate of drug-likeness (QED) is 0.125. The van der Waals surface area contributed by atoms with Crippen LogP contribution in [0.4, 0.5) is 4.79 Å². The maximum absolute atomic E-state index is 13.4. The summed E-state index contributed by atoms with van der Waals surface area (Å²) in [5, 5.41) is 43.2. The van der Waals surface area contributed by atoms with Crippen LogP contribution in [0.15, 0.2) is 48.1 Å². The SMILES string of the molecule is C=C1/C=C/[C@H](OC(=O)N2CCN(C3CCCCCC3)CC2)[C@](C)(O)CC[C@@H](O)CC(=O)O[C@@H]1/C(C)=C/C=C/[C@](C)(O)C[C@H](C)OC(C)[C@@H](O)CC. The zero-order valence-corrected chi connectivity index (χ0v) is 32.0. The van der Waals surface area contributed by atoms with E-state index in [2.05, 4.69) is 11.5 Å². The Balaban J connectivity index is 1.72. The van der Waals surface area contributed by atoms with E-state index >= 15 is 0 Å². The van der Waals surface area contributed by atoms with E-state index in [1.54, 1.807) is 63.0 Å². The van der Waals surface area contributed by atoms with Crippen LogP contribution in [0.3, 0.4) is 0 Å². The van der Waals surface area contributed by atoms with Gasteiger partial charge in [0.1, 0.15) is 11.7 Å². The summed E-state index contributed by atoms with van der Waals surface area (Å²) in [5.74, 6) is -0.619. The molecule has 2 aliphatic heterocycles. The lowest BCUT2D eigenvalue weighted by atomic mass is 9.89. The first kappa shape index (κ1) is 42.9. The predicted octanol–water partition coefficient (Wildman–Crippen LogP) is 5.36. The largest absolute Gasteiger partial charge is 0.453 e. The smallest absolute Gasteiger partial charge is 0.410 e. The molecule has 1 saturated heterocycles. The van der Waals surface area contributed by atoms with Gasteiger partial charge in [-0.1, -0.05) is 63.5 Å². The van der Waals surface area contributed by atoms with Gasteiger partial charge in [0.2, 0.25) is 0 Å². The number of aliphatic hydroxyl groups excluding tert-OH is 2. The van der Waals surface area contributed by atoms with Gasteiger partial charge in [-0.25, -0.2) is 4.79 Å². The zero-order chi connectivity index (χ0) is 37.8. The van der Waals surface area contributed by atoms with Crippen molar-refractivity contribution in [3.05, 3.63) is 48.1 Å². The second-order valence-electron chi connectivity index (χ2n) is 15.5. The Labute approximate surface area is 306 Å². The summed E-state index contributed by atoms with van der Waals surface area (Å²) in [6, 6.07) is 0.569. The minimum absolute atomic E-state index is 0.0838. The summed E-state index contributed by atoms with van der Waals surface area (Å²) in [4.78, 5) is 30.5. The number of cyclic esters (lactones) is 1. The second kappa shape index (κ2) is 20.1. The molecule has 0 aromatic heterocycles. The summed E-state index contributed by atoms with van der Waals surface area (Å²) < 4.78 is 17.6. The second-order valence-corrected chi connectivity index (χ2v) is 15.5. The van der Waals surface area contributed by atoms with Gasteiger partial charge in [-0.05, 0) is 83.9 Å². The number of carbonyl (C=O) groups is 2. The molecule has 11 heteroatoms. The molecule has 1 amide bonds. The monoisotopic (exact) mass is 718 g/mol. The highest BCUT2D eigenvalue weighted by atomic mass is 16.6. The average molecular weight is 719 g/mol. The van der Waals surface area contributed by atoms with Gasteiger partial charge in [-0.3, -0.25) is 9.69 Å². The van der Waals surface area contributed by atoms with Crippen LogP contribution in [0, 0.1) is 0 Å². The first-order valence-electron chi connectivity index (χ1n) is 19.1. The molecule has 11 nitrogen and oxygen atoms in total. The molecule has 4 N–H and O–H groups in total. The van der Waals surface area contributed by atoms with Crippen LogP contribution in [0.1, 0.15) is 112 Å². The van der Waals surface area contributed by atoms with Gasteiger partial charge in [-0.15, -0.1) is 0 Å². The molecule has 1 saturated carbocycles. The van der Waals surface area contributed by atoms with E-state index in [9.17, 15) is 30.0 Å². The van der Waals surface area contributed by atoms with Gasteiger partial charge in [0.25, 0.3) is 0 Å². The van der Waals surface area contributed by atoms with E-state index in [0.717, 1.165) is 13.1 Å². The molecule has 3 rings (SSSR count). The number of nitrogens with zero attached hydrogens (tertiary/aromatic N) is 2. The lowest BCUT2D eigenvalue weighted by molar-refractivity contribution is -0.148. The van der Waals surface area contributed by atoms with Crippen molar-refractivity contribution in [1.29, 1.82) is 0 Å². The van der Waals surface area contributed by atoms with Crippen molar-refractivity contribution in [3.8, 4) is 0 Å². The normalized spacial score (nSPS) is 30.7. The van der Waals surface area contributed by atoms with Crippen LogP contribution in [-0.4, -0.2) is 122 Å². The van der Waals surface area contributed by atoms with Gasteiger partial charge in [-0.2, -0.15) is 0 Å². The van der Waals surface area contributed by atoms with Crippen LogP contribution in [0.2, 0.25) is 0 Å². The fraction of sp³-hybridized carbons (Fsp3) is 0.750. The van der Waals surface area contributed by atoms with Crippen molar-refractivity contribution in [2.45, 2.75) is 166 Å². The molecule has 290 valence electrons. The van der Waals surface area contributed by atoms with Crippen molar-refractivity contribution in [3.63, 3.8) is 0 Å². The minimum Gasteiger partial charge on any atom is -0.453 e. The van der Waals surface area contributed by atoms with E-state index in [0.29, 0.717) is 43.1 Å². The molecule has 0 aromatic carbocycles. The Kier molecular flexibility index (Phi) is 16.9. The van der Waals surface area contributed by atoms with E-state index in [-0.39, 0.29) is 31.5 Å². The molecule has 1 aliphatic carbocycles. The van der Waals surface area contributed by atoms with Crippen molar-refractivity contribution < 1.29 is 44.2 Å². The Bertz CT molecular complexity index is 1210. The average Bonchev–Trinajstić information content (AvgIpc) is 3.36. The molecule has 8 atom stereocenters. The van der Waals surface area contributed by atoms with Crippen LogP contribution in [0.5, 0.6) is 0 Å². The van der Waals surface area contributed by atoms with Crippen LogP contribution >= 0.6 is 0 Å². The minimum atomic E-state index is -1.53. The fourth-order valence-electron chi connectivity index (χ4n) is 7.27. The van der Waals surface area contributed by atoms with E-state index in [4.69, 9.17) is 14.2 Å². The number of carbonyl (C=O) groups excluding carboxylic acids is 2. The van der Waals surface area contributed by atoms with Gasteiger partial charge in [0.15, 0.2) is 6.10 Å². The van der Waals surface area contributed by atoms with Gasteiger partial charge in [0.05, 0.1) is 36.4 Å². The number of aliphatic hydroxyl groups is 4. The Morgan fingerprint density at radius 2 is 1.80 bits per heavy atom. The van der Waals surface area contributed by atoms with Crippen molar-refractivity contribution in [1.82, 2.24) is 9.80 Å². The van der Waals surface area contributed by atoms with E-state index < -0.39 is 47.7 Å². The van der Waals surface area contributed by atoms with Gasteiger partial charge in [0, 0.05) is 38.6 Å². The Morgan fingerprint density at radius 1 is 1.16 bits per heavy atom. The Morgan fingerprint density at radius 3 is 2.43 bits per heavy atom.